The van der Waals surface area contributed by atoms with Gasteiger partial charge < -0.3 is 4.90 Å². The van der Waals surface area contributed by atoms with Gasteiger partial charge >= 0.3 is 0 Å². The molecule has 0 unspecified atom stereocenters. The molecule has 0 aliphatic heterocycles. The topological polar surface area (TPSA) is 90.9 Å². The van der Waals surface area contributed by atoms with Crippen LogP contribution in [-0.2, 0) is 10.0 Å². The van der Waals surface area contributed by atoms with Crippen molar-refractivity contribution in [3.63, 3.8) is 0 Å². The number of thiophene rings is 1. The molecule has 3 aromatic carbocycles. The molecule has 1 aromatic heterocycles. The number of nitrogens with zero attached hydrogens (tertiary/aromatic N) is 2. The summed E-state index contributed by atoms with van der Waals surface area (Å²) in [7, 11) is -1.79. The van der Waals surface area contributed by atoms with Crippen molar-refractivity contribution in [2.45, 2.75) is 4.21 Å². The molecule has 172 valence electrons. The quantitative estimate of drug-likeness (QED) is 0.266. The van der Waals surface area contributed by atoms with Gasteiger partial charge in [0.15, 0.2) is 0 Å². The van der Waals surface area contributed by atoms with Crippen molar-refractivity contribution in [3.05, 3.63) is 108 Å². The van der Waals surface area contributed by atoms with Crippen LogP contribution in [0.3, 0.4) is 0 Å². The lowest BCUT2D eigenvalue weighted by molar-refractivity contribution is 0.0956. The van der Waals surface area contributed by atoms with Crippen molar-refractivity contribution in [2.75, 3.05) is 16.7 Å². The Morgan fingerprint density at radius 3 is 2.26 bits per heavy atom. The summed E-state index contributed by atoms with van der Waals surface area (Å²) in [5.74, 6) is -0.527. The molecule has 0 aliphatic rings. The van der Waals surface area contributed by atoms with E-state index in [1.165, 1.54) is 24.4 Å². The van der Waals surface area contributed by atoms with Crippen molar-refractivity contribution < 1.29 is 13.2 Å². The third-order valence-corrected chi connectivity index (χ3v) is 7.74. The van der Waals surface area contributed by atoms with Gasteiger partial charge in [0.1, 0.15) is 4.21 Å². The molecule has 0 radical (unpaired) electrons. The largest absolute Gasteiger partial charge is 0.345 e. The molecule has 0 aliphatic carbocycles. The Morgan fingerprint density at radius 2 is 1.56 bits per heavy atom. The normalized spacial score (nSPS) is 11.3. The molecule has 0 bridgehead atoms. The first-order valence-corrected chi connectivity index (χ1v) is 12.7. The van der Waals surface area contributed by atoms with Crippen LogP contribution in [0.2, 0.25) is 0 Å². The first kappa shape index (κ1) is 23.2. The van der Waals surface area contributed by atoms with Gasteiger partial charge in [-0.2, -0.15) is 5.10 Å². The summed E-state index contributed by atoms with van der Waals surface area (Å²) < 4.78 is 27.7. The predicted molar refractivity (Wildman–Crippen MR) is 138 cm³/mol. The van der Waals surface area contributed by atoms with Crippen molar-refractivity contribution in [2.24, 2.45) is 5.10 Å². The lowest BCUT2D eigenvalue weighted by atomic mass is 10.2. The van der Waals surface area contributed by atoms with Gasteiger partial charge in [0, 0.05) is 18.4 Å². The van der Waals surface area contributed by atoms with E-state index in [0.717, 1.165) is 28.3 Å². The number of hydrazone groups is 1. The summed E-state index contributed by atoms with van der Waals surface area (Å²) in [6.07, 6.45) is 1.53. The summed E-state index contributed by atoms with van der Waals surface area (Å²) in [5, 5.41) is 5.70. The molecule has 9 heteroatoms. The number of hydrogen-bond acceptors (Lipinski definition) is 6. The summed E-state index contributed by atoms with van der Waals surface area (Å²) in [6, 6.07) is 27.3. The number of amides is 1. The predicted octanol–water partition coefficient (Wildman–Crippen LogP) is 5.08. The van der Waals surface area contributed by atoms with Crippen LogP contribution in [0.25, 0.3) is 0 Å². The Hall–Kier alpha value is -3.95. The second-order valence-corrected chi connectivity index (χ2v) is 10.1. The number of carbonyl (C=O) groups is 1. The fourth-order valence-electron chi connectivity index (χ4n) is 3.19. The summed E-state index contributed by atoms with van der Waals surface area (Å²) in [4.78, 5) is 14.7. The third kappa shape index (κ3) is 5.51. The second kappa shape index (κ2) is 10.3. The second-order valence-electron chi connectivity index (χ2n) is 7.27. The zero-order valence-electron chi connectivity index (χ0n) is 18.3. The van der Waals surface area contributed by atoms with Crippen LogP contribution in [0, 0.1) is 0 Å². The molecule has 0 saturated heterocycles. The third-order valence-electron chi connectivity index (χ3n) is 4.98. The zero-order valence-corrected chi connectivity index (χ0v) is 19.9. The molecule has 4 rings (SSSR count). The molecule has 0 saturated carbocycles. The summed E-state index contributed by atoms with van der Waals surface area (Å²) in [6.45, 7) is 0. The van der Waals surface area contributed by atoms with Crippen LogP contribution < -0.4 is 15.0 Å². The van der Waals surface area contributed by atoms with Gasteiger partial charge in [0.2, 0.25) is 0 Å². The fourth-order valence-corrected chi connectivity index (χ4v) is 5.26. The standard InChI is InChI=1S/C25H22N4O3S2/c1-29(20-8-3-2-4-9-20)21-15-13-19(14-16-21)18-26-27-25(30)22-10-5-6-11-23(22)28-34(31,32)24-12-7-17-33-24/h2-18,28H,1H3,(H,27,30). The van der Waals surface area contributed by atoms with Gasteiger partial charge in [0.25, 0.3) is 15.9 Å². The van der Waals surface area contributed by atoms with Gasteiger partial charge in [-0.15, -0.1) is 11.3 Å². The number of anilines is 3. The SMILES string of the molecule is CN(c1ccccc1)c1ccc(C=NNC(=O)c2ccccc2NS(=O)(=O)c2cccs2)cc1. The van der Waals surface area contributed by atoms with Crippen LogP contribution in [0.4, 0.5) is 17.1 Å². The Labute approximate surface area is 202 Å². The van der Waals surface area contributed by atoms with Crippen molar-refractivity contribution >= 4 is 50.5 Å². The molecule has 0 fully saturated rings. The number of rotatable bonds is 8. The molecule has 0 atom stereocenters. The van der Waals surface area contributed by atoms with Crippen LogP contribution in [0.1, 0.15) is 15.9 Å². The van der Waals surface area contributed by atoms with Gasteiger partial charge in [-0.3, -0.25) is 9.52 Å². The molecule has 1 heterocycles. The lowest BCUT2D eigenvalue weighted by Crippen LogP contribution is -2.21. The monoisotopic (exact) mass is 490 g/mol. The van der Waals surface area contributed by atoms with Crippen molar-refractivity contribution in [3.8, 4) is 0 Å². The molecule has 4 aromatic rings. The van der Waals surface area contributed by atoms with Crippen molar-refractivity contribution in [1.29, 1.82) is 0 Å². The maximum absolute atomic E-state index is 12.7. The zero-order chi connectivity index (χ0) is 24.0. The molecule has 0 spiro atoms. The van der Waals surface area contributed by atoms with Crippen LogP contribution in [0.15, 0.2) is 106 Å². The van der Waals surface area contributed by atoms with E-state index in [0.29, 0.717) is 0 Å². The highest BCUT2D eigenvalue weighted by Crippen LogP contribution is 2.24. The molecular weight excluding hydrogens is 468 g/mol. The number of hydrogen-bond donors (Lipinski definition) is 2. The minimum absolute atomic E-state index is 0.166. The number of para-hydroxylation sites is 2. The Kier molecular flexibility index (Phi) is 7.05. The molecule has 1 amide bonds. The minimum Gasteiger partial charge on any atom is -0.345 e. The highest BCUT2D eigenvalue weighted by molar-refractivity contribution is 7.94. The number of sulfonamides is 1. The number of nitrogens with one attached hydrogen (secondary N) is 2. The van der Waals surface area contributed by atoms with E-state index in [1.807, 2.05) is 61.6 Å². The van der Waals surface area contributed by atoms with E-state index in [2.05, 4.69) is 20.1 Å². The van der Waals surface area contributed by atoms with Gasteiger partial charge in [-0.25, -0.2) is 13.8 Å². The molecular formula is C25H22N4O3S2. The number of benzene rings is 3. The van der Waals surface area contributed by atoms with E-state index in [-0.39, 0.29) is 15.5 Å². The van der Waals surface area contributed by atoms with Gasteiger partial charge in [-0.1, -0.05) is 48.5 Å². The average molecular weight is 491 g/mol. The van der Waals surface area contributed by atoms with Crippen LogP contribution in [-0.4, -0.2) is 27.6 Å². The average Bonchev–Trinajstić information content (AvgIpc) is 3.41. The van der Waals surface area contributed by atoms with Crippen LogP contribution >= 0.6 is 11.3 Å². The highest BCUT2D eigenvalue weighted by Gasteiger charge is 2.19. The maximum atomic E-state index is 12.7. The minimum atomic E-state index is -3.77. The maximum Gasteiger partial charge on any atom is 0.273 e. The Bertz CT molecular complexity index is 1390. The first-order valence-electron chi connectivity index (χ1n) is 10.3. The van der Waals surface area contributed by atoms with E-state index < -0.39 is 15.9 Å². The highest BCUT2D eigenvalue weighted by atomic mass is 32.2. The Balaban J connectivity index is 1.42. The van der Waals surface area contributed by atoms with E-state index in [9.17, 15) is 13.2 Å². The molecule has 34 heavy (non-hydrogen) atoms. The van der Waals surface area contributed by atoms with E-state index in [1.54, 1.807) is 23.6 Å². The van der Waals surface area contributed by atoms with Gasteiger partial charge in [-0.05, 0) is 53.4 Å². The van der Waals surface area contributed by atoms with E-state index >= 15 is 0 Å². The van der Waals surface area contributed by atoms with Gasteiger partial charge in [0.05, 0.1) is 17.5 Å². The number of carbonyl (C=O) groups excluding carboxylic acids is 1. The molecule has 2 N–H and O–H groups in total. The fraction of sp³-hybridized carbons (Fsp3) is 0.0400. The van der Waals surface area contributed by atoms with Crippen LogP contribution in [0.5, 0.6) is 0 Å². The summed E-state index contributed by atoms with van der Waals surface area (Å²) >= 11 is 1.10. The lowest BCUT2D eigenvalue weighted by Gasteiger charge is -2.19. The first-order chi connectivity index (χ1) is 16.4. The van der Waals surface area contributed by atoms with E-state index in [4.69, 9.17) is 0 Å². The summed E-state index contributed by atoms with van der Waals surface area (Å²) in [5.41, 5.74) is 5.69. The molecule has 7 nitrogen and oxygen atoms in total. The van der Waals surface area contributed by atoms with Crippen molar-refractivity contribution in [1.82, 2.24) is 5.43 Å². The smallest absolute Gasteiger partial charge is 0.273 e. The Morgan fingerprint density at radius 1 is 0.882 bits per heavy atom.